The van der Waals surface area contributed by atoms with Gasteiger partial charge in [-0.25, -0.2) is 0 Å². The molecule has 0 aliphatic heterocycles. The molecule has 0 saturated heterocycles. The highest BCUT2D eigenvalue weighted by Gasteiger charge is 2.10. The minimum atomic E-state index is 0.0158. The maximum atomic E-state index is 11.7. The second kappa shape index (κ2) is 9.50. The van der Waals surface area contributed by atoms with E-state index in [0.29, 0.717) is 6.54 Å². The van der Waals surface area contributed by atoms with Gasteiger partial charge in [0.2, 0.25) is 5.91 Å². The SMILES string of the molecule is CC(CCN)C(=O)NCCCN(C)Cc1ccccc1. The van der Waals surface area contributed by atoms with Gasteiger partial charge in [0.1, 0.15) is 0 Å². The number of benzene rings is 1. The molecule has 1 atom stereocenters. The summed E-state index contributed by atoms with van der Waals surface area (Å²) in [6, 6.07) is 10.4. The summed E-state index contributed by atoms with van der Waals surface area (Å²) in [5, 5.41) is 2.97. The van der Waals surface area contributed by atoms with Crippen LogP contribution in [-0.4, -0.2) is 37.5 Å². The van der Waals surface area contributed by atoms with Crippen LogP contribution in [0.5, 0.6) is 0 Å². The van der Waals surface area contributed by atoms with E-state index in [1.807, 2.05) is 13.0 Å². The third kappa shape index (κ3) is 6.68. The average Bonchev–Trinajstić information content (AvgIpc) is 2.44. The molecule has 0 bridgehead atoms. The number of nitrogens with one attached hydrogen (secondary N) is 1. The molecule has 4 nitrogen and oxygen atoms in total. The second-order valence-corrected chi connectivity index (χ2v) is 5.35. The van der Waals surface area contributed by atoms with Crippen molar-refractivity contribution in [2.24, 2.45) is 11.7 Å². The number of hydrogen-bond donors (Lipinski definition) is 2. The summed E-state index contributed by atoms with van der Waals surface area (Å²) in [5.41, 5.74) is 6.76. The van der Waals surface area contributed by atoms with Crippen LogP contribution in [0.15, 0.2) is 30.3 Å². The lowest BCUT2D eigenvalue weighted by atomic mass is 10.1. The molecular weight excluding hydrogens is 250 g/mol. The first-order valence-electron chi connectivity index (χ1n) is 7.33. The number of nitrogens with zero attached hydrogens (tertiary/aromatic N) is 1. The van der Waals surface area contributed by atoms with Gasteiger partial charge in [0, 0.05) is 19.0 Å². The van der Waals surface area contributed by atoms with E-state index >= 15 is 0 Å². The van der Waals surface area contributed by atoms with E-state index in [1.165, 1.54) is 5.56 Å². The Labute approximate surface area is 122 Å². The van der Waals surface area contributed by atoms with Crippen molar-refractivity contribution in [3.05, 3.63) is 35.9 Å². The summed E-state index contributed by atoms with van der Waals surface area (Å²) in [7, 11) is 2.10. The first kappa shape index (κ1) is 16.7. The fraction of sp³-hybridized carbons (Fsp3) is 0.562. The van der Waals surface area contributed by atoms with Crippen LogP contribution in [0.4, 0.5) is 0 Å². The average molecular weight is 277 g/mol. The summed E-state index contributed by atoms with van der Waals surface area (Å²) >= 11 is 0. The van der Waals surface area contributed by atoms with Gasteiger partial charge in [0.15, 0.2) is 0 Å². The highest BCUT2D eigenvalue weighted by molar-refractivity contribution is 5.78. The number of rotatable bonds is 9. The van der Waals surface area contributed by atoms with E-state index < -0.39 is 0 Å². The zero-order valence-corrected chi connectivity index (χ0v) is 12.6. The molecule has 0 aliphatic rings. The molecule has 0 radical (unpaired) electrons. The van der Waals surface area contributed by atoms with Gasteiger partial charge in [-0.3, -0.25) is 4.79 Å². The molecule has 112 valence electrons. The van der Waals surface area contributed by atoms with Crippen LogP contribution in [0, 0.1) is 5.92 Å². The van der Waals surface area contributed by atoms with E-state index in [1.54, 1.807) is 0 Å². The van der Waals surface area contributed by atoms with Crippen molar-refractivity contribution in [3.63, 3.8) is 0 Å². The van der Waals surface area contributed by atoms with Crippen molar-refractivity contribution in [1.82, 2.24) is 10.2 Å². The van der Waals surface area contributed by atoms with Gasteiger partial charge in [0.05, 0.1) is 0 Å². The van der Waals surface area contributed by atoms with Gasteiger partial charge >= 0.3 is 0 Å². The maximum Gasteiger partial charge on any atom is 0.222 e. The number of nitrogens with two attached hydrogens (primary N) is 1. The van der Waals surface area contributed by atoms with Gasteiger partial charge in [0.25, 0.3) is 0 Å². The lowest BCUT2D eigenvalue weighted by Crippen LogP contribution is -2.32. The maximum absolute atomic E-state index is 11.7. The predicted molar refractivity (Wildman–Crippen MR) is 83.2 cm³/mol. The fourth-order valence-electron chi connectivity index (χ4n) is 2.09. The smallest absolute Gasteiger partial charge is 0.222 e. The van der Waals surface area contributed by atoms with Crippen molar-refractivity contribution in [2.75, 3.05) is 26.7 Å². The van der Waals surface area contributed by atoms with Gasteiger partial charge in [-0.15, -0.1) is 0 Å². The topological polar surface area (TPSA) is 58.4 Å². The molecule has 1 unspecified atom stereocenters. The number of amides is 1. The summed E-state index contributed by atoms with van der Waals surface area (Å²) in [6.45, 7) is 5.13. The molecular formula is C16H27N3O. The second-order valence-electron chi connectivity index (χ2n) is 5.35. The zero-order chi connectivity index (χ0) is 14.8. The van der Waals surface area contributed by atoms with Crippen LogP contribution in [0.25, 0.3) is 0 Å². The first-order valence-corrected chi connectivity index (χ1v) is 7.33. The van der Waals surface area contributed by atoms with E-state index in [-0.39, 0.29) is 11.8 Å². The molecule has 0 fully saturated rings. The van der Waals surface area contributed by atoms with E-state index in [4.69, 9.17) is 5.73 Å². The molecule has 0 saturated carbocycles. The lowest BCUT2D eigenvalue weighted by Gasteiger charge is -2.17. The molecule has 0 heterocycles. The number of carbonyl (C=O) groups is 1. The third-order valence-electron chi connectivity index (χ3n) is 3.36. The molecule has 0 spiro atoms. The minimum Gasteiger partial charge on any atom is -0.356 e. The van der Waals surface area contributed by atoms with Crippen LogP contribution in [0.2, 0.25) is 0 Å². The van der Waals surface area contributed by atoms with E-state index in [2.05, 4.69) is 41.5 Å². The normalized spacial score (nSPS) is 12.4. The third-order valence-corrected chi connectivity index (χ3v) is 3.36. The molecule has 20 heavy (non-hydrogen) atoms. The zero-order valence-electron chi connectivity index (χ0n) is 12.6. The Balaban J connectivity index is 2.13. The van der Waals surface area contributed by atoms with Crippen molar-refractivity contribution in [2.45, 2.75) is 26.3 Å². The number of hydrogen-bond acceptors (Lipinski definition) is 3. The largest absolute Gasteiger partial charge is 0.356 e. The Morgan fingerprint density at radius 3 is 2.70 bits per heavy atom. The highest BCUT2D eigenvalue weighted by Crippen LogP contribution is 2.03. The van der Waals surface area contributed by atoms with Crippen molar-refractivity contribution in [1.29, 1.82) is 0 Å². The summed E-state index contributed by atoms with van der Waals surface area (Å²) in [4.78, 5) is 14.0. The fourth-order valence-corrected chi connectivity index (χ4v) is 2.09. The lowest BCUT2D eigenvalue weighted by molar-refractivity contribution is -0.124. The Bertz CT molecular complexity index is 381. The Hall–Kier alpha value is -1.39. The van der Waals surface area contributed by atoms with Crippen LogP contribution in [0.1, 0.15) is 25.3 Å². The van der Waals surface area contributed by atoms with Crippen LogP contribution < -0.4 is 11.1 Å². The molecule has 3 N–H and O–H groups in total. The summed E-state index contributed by atoms with van der Waals surface area (Å²) in [5.74, 6) is 0.128. The quantitative estimate of drug-likeness (QED) is 0.674. The molecule has 0 aromatic heterocycles. The van der Waals surface area contributed by atoms with Crippen molar-refractivity contribution < 1.29 is 4.79 Å². The van der Waals surface area contributed by atoms with Crippen LogP contribution >= 0.6 is 0 Å². The van der Waals surface area contributed by atoms with Crippen LogP contribution in [-0.2, 0) is 11.3 Å². The molecule has 1 aromatic rings. The van der Waals surface area contributed by atoms with Gasteiger partial charge < -0.3 is 16.0 Å². The highest BCUT2D eigenvalue weighted by atomic mass is 16.1. The number of carbonyl (C=O) groups excluding carboxylic acids is 1. The first-order chi connectivity index (χ1) is 9.63. The van der Waals surface area contributed by atoms with Gasteiger partial charge in [-0.2, -0.15) is 0 Å². The summed E-state index contributed by atoms with van der Waals surface area (Å²) in [6.07, 6.45) is 1.71. The standard InChI is InChI=1S/C16H27N3O/c1-14(9-10-17)16(20)18-11-6-12-19(2)13-15-7-4-3-5-8-15/h3-5,7-8,14H,6,9-13,17H2,1-2H3,(H,18,20). The molecule has 4 heteroatoms. The molecule has 1 rings (SSSR count). The van der Waals surface area contributed by atoms with Crippen molar-refractivity contribution >= 4 is 5.91 Å². The molecule has 0 aliphatic carbocycles. The van der Waals surface area contributed by atoms with E-state index in [0.717, 1.165) is 32.5 Å². The van der Waals surface area contributed by atoms with Crippen LogP contribution in [0.3, 0.4) is 0 Å². The van der Waals surface area contributed by atoms with Gasteiger partial charge in [-0.05, 0) is 38.5 Å². The monoisotopic (exact) mass is 277 g/mol. The Morgan fingerprint density at radius 1 is 1.35 bits per heavy atom. The predicted octanol–water partition coefficient (Wildman–Crippen LogP) is 1.61. The summed E-state index contributed by atoms with van der Waals surface area (Å²) < 4.78 is 0. The Morgan fingerprint density at radius 2 is 2.05 bits per heavy atom. The van der Waals surface area contributed by atoms with Crippen molar-refractivity contribution in [3.8, 4) is 0 Å². The Kier molecular flexibility index (Phi) is 7.92. The minimum absolute atomic E-state index is 0.0158. The molecule has 1 amide bonds. The van der Waals surface area contributed by atoms with Gasteiger partial charge in [-0.1, -0.05) is 37.3 Å². The van der Waals surface area contributed by atoms with E-state index in [9.17, 15) is 4.79 Å². The molecule has 1 aromatic carbocycles.